The number of nitrogens with zero attached hydrogens (tertiary/aromatic N) is 2. The predicted octanol–water partition coefficient (Wildman–Crippen LogP) is 0.579. The van der Waals surface area contributed by atoms with E-state index in [4.69, 9.17) is 12.2 Å². The van der Waals surface area contributed by atoms with Crippen LogP contribution in [0.3, 0.4) is 0 Å². The van der Waals surface area contributed by atoms with Crippen LogP contribution in [-0.2, 0) is 6.42 Å². The molecule has 0 spiro atoms. The molecule has 1 aromatic carbocycles. The van der Waals surface area contributed by atoms with Gasteiger partial charge in [-0.3, -0.25) is 9.69 Å². The molecule has 1 aliphatic heterocycles. The molecule has 2 N–H and O–H groups in total. The maximum absolute atomic E-state index is 12.6. The maximum atomic E-state index is 12.6. The maximum Gasteiger partial charge on any atom is 0.254 e. The Bertz CT molecular complexity index is 499. The first kappa shape index (κ1) is 14.6. The normalized spacial score (nSPS) is 15.9. The summed E-state index contributed by atoms with van der Waals surface area (Å²) in [6, 6.07) is 7.73. The summed E-state index contributed by atoms with van der Waals surface area (Å²) in [5.74, 6) is 2.75. The van der Waals surface area contributed by atoms with Gasteiger partial charge in [-0.25, -0.2) is 0 Å². The van der Waals surface area contributed by atoms with Crippen LogP contribution in [0.25, 0.3) is 0 Å². The highest BCUT2D eigenvalue weighted by Crippen LogP contribution is 2.14. The zero-order chi connectivity index (χ0) is 14.4. The van der Waals surface area contributed by atoms with E-state index >= 15 is 0 Å². The van der Waals surface area contributed by atoms with E-state index < -0.39 is 0 Å². The fourth-order valence-electron chi connectivity index (χ4n) is 2.51. The lowest BCUT2D eigenvalue weighted by Gasteiger charge is -2.34. The first-order valence-electron chi connectivity index (χ1n) is 6.99. The molecule has 4 nitrogen and oxygen atoms in total. The van der Waals surface area contributed by atoms with Crippen LogP contribution in [0.5, 0.6) is 0 Å². The molecular weight excluding hydrogens is 250 g/mol. The third kappa shape index (κ3) is 3.38. The van der Waals surface area contributed by atoms with Crippen molar-refractivity contribution in [3.63, 3.8) is 0 Å². The molecule has 0 radical (unpaired) electrons. The van der Waals surface area contributed by atoms with Crippen LogP contribution >= 0.6 is 0 Å². The minimum absolute atomic E-state index is 0.106. The number of benzene rings is 1. The fourth-order valence-corrected chi connectivity index (χ4v) is 2.51. The lowest BCUT2D eigenvalue weighted by atomic mass is 10.0. The zero-order valence-electron chi connectivity index (χ0n) is 11.7. The summed E-state index contributed by atoms with van der Waals surface area (Å²) in [6.45, 7) is 4.37. The lowest BCUT2D eigenvalue weighted by molar-refractivity contribution is 0.0651. The summed E-state index contributed by atoms with van der Waals surface area (Å²) < 4.78 is 0. The van der Waals surface area contributed by atoms with Crippen molar-refractivity contribution in [1.82, 2.24) is 9.80 Å². The molecule has 0 saturated carbocycles. The molecule has 1 heterocycles. The number of piperazine rings is 1. The van der Waals surface area contributed by atoms with E-state index in [1.807, 2.05) is 29.2 Å². The summed E-state index contributed by atoms with van der Waals surface area (Å²) >= 11 is 0. The third-order valence-corrected chi connectivity index (χ3v) is 3.64. The molecule has 0 aromatic heterocycles. The van der Waals surface area contributed by atoms with Crippen molar-refractivity contribution in [3.8, 4) is 12.3 Å². The minimum atomic E-state index is 0.106. The van der Waals surface area contributed by atoms with Crippen molar-refractivity contribution in [2.24, 2.45) is 5.73 Å². The molecule has 2 rings (SSSR count). The SMILES string of the molecule is C#CCN1CCN(C(=O)c2ccccc2CCN)CC1. The number of rotatable bonds is 4. The first-order chi connectivity index (χ1) is 9.76. The Hall–Kier alpha value is -1.83. The van der Waals surface area contributed by atoms with E-state index in [0.29, 0.717) is 13.1 Å². The average Bonchev–Trinajstić information content (AvgIpc) is 2.49. The number of carbonyl (C=O) groups excluding carboxylic acids is 1. The third-order valence-electron chi connectivity index (χ3n) is 3.64. The second kappa shape index (κ2) is 7.09. The molecule has 1 aromatic rings. The Labute approximate surface area is 120 Å². The summed E-state index contributed by atoms with van der Waals surface area (Å²) in [7, 11) is 0. The number of amides is 1. The van der Waals surface area contributed by atoms with Gasteiger partial charge in [0.2, 0.25) is 0 Å². The standard InChI is InChI=1S/C16H21N3O/c1-2-9-18-10-12-19(13-11-18)16(20)15-6-4-3-5-14(15)7-8-17/h1,3-6H,7-13,17H2. The van der Waals surface area contributed by atoms with Crippen LogP contribution in [0.4, 0.5) is 0 Å². The van der Waals surface area contributed by atoms with Crippen LogP contribution in [0, 0.1) is 12.3 Å². The summed E-state index contributed by atoms with van der Waals surface area (Å²) in [4.78, 5) is 16.7. The number of carbonyl (C=O) groups is 1. The Kier molecular flexibility index (Phi) is 5.16. The minimum Gasteiger partial charge on any atom is -0.336 e. The Morgan fingerprint density at radius 1 is 1.25 bits per heavy atom. The molecule has 1 fully saturated rings. The molecule has 0 aliphatic carbocycles. The largest absolute Gasteiger partial charge is 0.336 e. The molecule has 0 atom stereocenters. The van der Waals surface area contributed by atoms with Gasteiger partial charge in [0.15, 0.2) is 0 Å². The van der Waals surface area contributed by atoms with Crippen LogP contribution in [0.15, 0.2) is 24.3 Å². The Morgan fingerprint density at radius 3 is 2.60 bits per heavy atom. The molecule has 0 unspecified atom stereocenters. The van der Waals surface area contributed by atoms with E-state index in [9.17, 15) is 4.79 Å². The molecule has 1 saturated heterocycles. The molecule has 0 bridgehead atoms. The summed E-state index contributed by atoms with van der Waals surface area (Å²) in [5, 5.41) is 0. The summed E-state index contributed by atoms with van der Waals surface area (Å²) in [5.41, 5.74) is 7.42. The zero-order valence-corrected chi connectivity index (χ0v) is 11.7. The quantitative estimate of drug-likeness (QED) is 0.815. The number of nitrogens with two attached hydrogens (primary N) is 1. The van der Waals surface area contributed by atoms with Gasteiger partial charge in [-0.05, 0) is 24.6 Å². The lowest BCUT2D eigenvalue weighted by Crippen LogP contribution is -2.48. The smallest absolute Gasteiger partial charge is 0.254 e. The molecule has 4 heteroatoms. The van der Waals surface area contributed by atoms with Crippen LogP contribution in [0.1, 0.15) is 15.9 Å². The van der Waals surface area contributed by atoms with Gasteiger partial charge in [0, 0.05) is 31.7 Å². The van der Waals surface area contributed by atoms with Crippen molar-refractivity contribution < 1.29 is 4.79 Å². The van der Waals surface area contributed by atoms with Gasteiger partial charge in [0.25, 0.3) is 5.91 Å². The van der Waals surface area contributed by atoms with E-state index in [1.165, 1.54) is 0 Å². The summed E-state index contributed by atoms with van der Waals surface area (Å²) in [6.07, 6.45) is 6.05. The number of hydrogen-bond acceptors (Lipinski definition) is 3. The van der Waals surface area contributed by atoms with Gasteiger partial charge in [-0.1, -0.05) is 24.1 Å². The van der Waals surface area contributed by atoms with E-state index in [2.05, 4.69) is 10.8 Å². The molecule has 1 aliphatic rings. The van der Waals surface area contributed by atoms with Gasteiger partial charge in [0.05, 0.1) is 6.54 Å². The van der Waals surface area contributed by atoms with Gasteiger partial charge < -0.3 is 10.6 Å². The van der Waals surface area contributed by atoms with Crippen LogP contribution in [0.2, 0.25) is 0 Å². The molecule has 106 valence electrons. The second-order valence-electron chi connectivity index (χ2n) is 4.97. The van der Waals surface area contributed by atoms with Crippen molar-refractivity contribution in [2.45, 2.75) is 6.42 Å². The van der Waals surface area contributed by atoms with Crippen molar-refractivity contribution in [3.05, 3.63) is 35.4 Å². The van der Waals surface area contributed by atoms with Gasteiger partial charge in [-0.15, -0.1) is 6.42 Å². The van der Waals surface area contributed by atoms with Gasteiger partial charge in [0.1, 0.15) is 0 Å². The van der Waals surface area contributed by atoms with E-state index in [-0.39, 0.29) is 5.91 Å². The van der Waals surface area contributed by atoms with Crippen LogP contribution < -0.4 is 5.73 Å². The van der Waals surface area contributed by atoms with Crippen molar-refractivity contribution >= 4 is 5.91 Å². The average molecular weight is 271 g/mol. The topological polar surface area (TPSA) is 49.6 Å². The fraction of sp³-hybridized carbons (Fsp3) is 0.438. The highest BCUT2D eigenvalue weighted by atomic mass is 16.2. The van der Waals surface area contributed by atoms with E-state index in [0.717, 1.165) is 43.7 Å². The first-order valence-corrected chi connectivity index (χ1v) is 6.99. The monoisotopic (exact) mass is 271 g/mol. The highest BCUT2D eigenvalue weighted by molar-refractivity contribution is 5.95. The van der Waals surface area contributed by atoms with Crippen molar-refractivity contribution in [1.29, 1.82) is 0 Å². The Morgan fingerprint density at radius 2 is 1.95 bits per heavy atom. The van der Waals surface area contributed by atoms with Crippen molar-refractivity contribution in [2.75, 3.05) is 39.3 Å². The highest BCUT2D eigenvalue weighted by Gasteiger charge is 2.22. The number of terminal acetylenes is 1. The predicted molar refractivity (Wildman–Crippen MR) is 80.4 cm³/mol. The Balaban J connectivity index is 2.04. The molecule has 20 heavy (non-hydrogen) atoms. The molecular formula is C16H21N3O. The van der Waals surface area contributed by atoms with E-state index in [1.54, 1.807) is 0 Å². The van der Waals surface area contributed by atoms with Crippen LogP contribution in [-0.4, -0.2) is 55.0 Å². The van der Waals surface area contributed by atoms with Gasteiger partial charge in [-0.2, -0.15) is 0 Å². The number of hydrogen-bond donors (Lipinski definition) is 1. The second-order valence-corrected chi connectivity index (χ2v) is 4.97. The molecule has 1 amide bonds. The van der Waals surface area contributed by atoms with Gasteiger partial charge >= 0.3 is 0 Å².